The number of carbonyl (C=O) groups is 1. The minimum absolute atomic E-state index is 0.148. The lowest BCUT2D eigenvalue weighted by Gasteiger charge is -2.35. The van der Waals surface area contributed by atoms with Crippen molar-refractivity contribution < 1.29 is 18.0 Å². The Morgan fingerprint density at radius 2 is 1.70 bits per heavy atom. The van der Waals surface area contributed by atoms with E-state index in [4.69, 9.17) is 0 Å². The van der Waals surface area contributed by atoms with E-state index in [1.807, 2.05) is 20.8 Å². The van der Waals surface area contributed by atoms with Gasteiger partial charge in [-0.1, -0.05) is 12.8 Å². The molecule has 1 fully saturated rings. The summed E-state index contributed by atoms with van der Waals surface area (Å²) < 4.78 is 38.9. The molecule has 2 N–H and O–H groups in total. The Morgan fingerprint density at radius 1 is 1.15 bits per heavy atom. The Hall–Kier alpha value is -0.780. The molecule has 3 atom stereocenters. The topological polar surface area (TPSA) is 41.1 Å². The fraction of sp³-hybridized carbons (Fsp3) is 0.929. The van der Waals surface area contributed by atoms with Crippen LogP contribution in [-0.2, 0) is 4.79 Å². The van der Waals surface area contributed by atoms with Crippen LogP contribution in [0.1, 0.15) is 53.4 Å². The van der Waals surface area contributed by atoms with Crippen LogP contribution in [0.3, 0.4) is 0 Å². The number of hydrogen-bond acceptors (Lipinski definition) is 2. The van der Waals surface area contributed by atoms with E-state index >= 15 is 0 Å². The second-order valence-electron chi connectivity index (χ2n) is 6.67. The van der Waals surface area contributed by atoms with Gasteiger partial charge in [0.15, 0.2) is 0 Å². The standard InChI is InChI=1S/C14H25F3N2O/c1-9(12(20)19-13(2,3)4)18-11-8-6-5-7-10(11)14(15,16)17/h9-11,18H,5-8H2,1-4H3,(H,19,20). The molecule has 0 heterocycles. The Balaban J connectivity index is 2.63. The average Bonchev–Trinajstić information content (AvgIpc) is 2.25. The van der Waals surface area contributed by atoms with Crippen LogP contribution in [-0.4, -0.2) is 29.7 Å². The van der Waals surface area contributed by atoms with Gasteiger partial charge in [-0.25, -0.2) is 0 Å². The van der Waals surface area contributed by atoms with Crippen molar-refractivity contribution in [2.45, 2.75) is 77.2 Å². The second kappa shape index (κ2) is 6.33. The van der Waals surface area contributed by atoms with Crippen molar-refractivity contribution in [1.29, 1.82) is 0 Å². The molecule has 1 saturated carbocycles. The SMILES string of the molecule is CC(NC1CCCCC1C(F)(F)F)C(=O)NC(C)(C)C. The molecule has 0 aliphatic heterocycles. The van der Waals surface area contributed by atoms with Gasteiger partial charge in [-0.2, -0.15) is 13.2 Å². The van der Waals surface area contributed by atoms with E-state index < -0.39 is 24.2 Å². The van der Waals surface area contributed by atoms with Gasteiger partial charge in [0.25, 0.3) is 0 Å². The van der Waals surface area contributed by atoms with Gasteiger partial charge in [0.1, 0.15) is 0 Å². The Labute approximate surface area is 118 Å². The predicted molar refractivity (Wildman–Crippen MR) is 72.3 cm³/mol. The van der Waals surface area contributed by atoms with Gasteiger partial charge in [0.05, 0.1) is 12.0 Å². The van der Waals surface area contributed by atoms with E-state index in [1.54, 1.807) is 6.92 Å². The number of carbonyl (C=O) groups excluding carboxylic acids is 1. The maximum atomic E-state index is 13.0. The van der Waals surface area contributed by atoms with Gasteiger partial charge < -0.3 is 10.6 Å². The molecule has 118 valence electrons. The normalized spacial score (nSPS) is 26.1. The van der Waals surface area contributed by atoms with Gasteiger partial charge in [0, 0.05) is 11.6 Å². The highest BCUT2D eigenvalue weighted by molar-refractivity contribution is 5.81. The largest absolute Gasteiger partial charge is 0.393 e. The fourth-order valence-corrected chi connectivity index (χ4v) is 2.60. The number of hydrogen-bond donors (Lipinski definition) is 2. The molecule has 0 spiro atoms. The third-order valence-electron chi connectivity index (χ3n) is 3.54. The molecule has 0 saturated heterocycles. The van der Waals surface area contributed by atoms with E-state index in [1.165, 1.54) is 0 Å². The summed E-state index contributed by atoms with van der Waals surface area (Å²) in [6.07, 6.45) is -2.20. The number of nitrogens with one attached hydrogen (secondary N) is 2. The molecule has 1 aliphatic carbocycles. The predicted octanol–water partition coefficient (Wildman–Crippen LogP) is 3.00. The summed E-state index contributed by atoms with van der Waals surface area (Å²) in [6, 6.07) is -1.29. The minimum atomic E-state index is -4.20. The maximum Gasteiger partial charge on any atom is 0.393 e. The van der Waals surface area contributed by atoms with Crippen LogP contribution in [0.25, 0.3) is 0 Å². The molecular weight excluding hydrogens is 269 g/mol. The summed E-state index contributed by atoms with van der Waals surface area (Å²) >= 11 is 0. The summed E-state index contributed by atoms with van der Waals surface area (Å²) in [5, 5.41) is 5.65. The third-order valence-corrected chi connectivity index (χ3v) is 3.54. The van der Waals surface area contributed by atoms with Gasteiger partial charge >= 0.3 is 6.18 Å². The third kappa shape index (κ3) is 5.31. The molecule has 1 amide bonds. The number of rotatable bonds is 3. The van der Waals surface area contributed by atoms with Gasteiger partial charge in [0.2, 0.25) is 5.91 Å². The first-order chi connectivity index (χ1) is 9.00. The highest BCUT2D eigenvalue weighted by Crippen LogP contribution is 2.37. The highest BCUT2D eigenvalue weighted by atomic mass is 19.4. The molecule has 0 aromatic rings. The zero-order valence-corrected chi connectivity index (χ0v) is 12.6. The van der Waals surface area contributed by atoms with Crippen LogP contribution in [0.15, 0.2) is 0 Å². The number of alkyl halides is 3. The molecule has 0 radical (unpaired) electrons. The summed E-state index contributed by atoms with van der Waals surface area (Å²) in [5.41, 5.74) is -0.386. The van der Waals surface area contributed by atoms with E-state index in [9.17, 15) is 18.0 Å². The Bertz CT molecular complexity index is 336. The van der Waals surface area contributed by atoms with E-state index in [2.05, 4.69) is 10.6 Å². The maximum absolute atomic E-state index is 13.0. The smallest absolute Gasteiger partial charge is 0.350 e. The molecule has 0 bridgehead atoms. The molecular formula is C14H25F3N2O. The molecule has 6 heteroatoms. The van der Waals surface area contributed by atoms with Crippen molar-refractivity contribution in [3.8, 4) is 0 Å². The van der Waals surface area contributed by atoms with E-state index in [0.717, 1.165) is 6.42 Å². The van der Waals surface area contributed by atoms with Crippen molar-refractivity contribution in [3.63, 3.8) is 0 Å². The first-order valence-electron chi connectivity index (χ1n) is 7.15. The monoisotopic (exact) mass is 294 g/mol. The van der Waals surface area contributed by atoms with Gasteiger partial charge in [-0.3, -0.25) is 4.79 Å². The van der Waals surface area contributed by atoms with Crippen molar-refractivity contribution in [1.82, 2.24) is 10.6 Å². The Kier molecular flexibility index (Phi) is 5.46. The van der Waals surface area contributed by atoms with Crippen molar-refractivity contribution >= 4 is 5.91 Å². The lowest BCUT2D eigenvalue weighted by atomic mass is 9.83. The number of amides is 1. The summed E-state index contributed by atoms with van der Waals surface area (Å²) in [4.78, 5) is 11.9. The molecule has 20 heavy (non-hydrogen) atoms. The highest BCUT2D eigenvalue weighted by Gasteiger charge is 2.45. The van der Waals surface area contributed by atoms with Crippen molar-refractivity contribution in [2.75, 3.05) is 0 Å². The van der Waals surface area contributed by atoms with Crippen LogP contribution in [0.4, 0.5) is 13.2 Å². The quantitative estimate of drug-likeness (QED) is 0.840. The van der Waals surface area contributed by atoms with Crippen LogP contribution >= 0.6 is 0 Å². The summed E-state index contributed by atoms with van der Waals surface area (Å²) in [6.45, 7) is 7.15. The molecule has 1 rings (SSSR count). The lowest BCUT2D eigenvalue weighted by Crippen LogP contribution is -2.55. The molecule has 0 aromatic carbocycles. The zero-order chi connectivity index (χ0) is 15.6. The summed E-state index contributed by atoms with van der Waals surface area (Å²) in [5.74, 6) is -1.61. The van der Waals surface area contributed by atoms with Gasteiger partial charge in [-0.15, -0.1) is 0 Å². The zero-order valence-electron chi connectivity index (χ0n) is 12.6. The van der Waals surface area contributed by atoms with E-state index in [0.29, 0.717) is 12.8 Å². The van der Waals surface area contributed by atoms with Gasteiger partial charge in [-0.05, 0) is 40.5 Å². The molecule has 3 unspecified atom stereocenters. The first-order valence-corrected chi connectivity index (χ1v) is 7.15. The van der Waals surface area contributed by atoms with E-state index in [-0.39, 0.29) is 17.9 Å². The van der Waals surface area contributed by atoms with Crippen LogP contribution in [0.2, 0.25) is 0 Å². The van der Waals surface area contributed by atoms with Crippen molar-refractivity contribution in [2.24, 2.45) is 5.92 Å². The second-order valence-corrected chi connectivity index (χ2v) is 6.67. The van der Waals surface area contributed by atoms with Crippen LogP contribution < -0.4 is 10.6 Å². The Morgan fingerprint density at radius 3 is 2.20 bits per heavy atom. The lowest BCUT2D eigenvalue weighted by molar-refractivity contribution is -0.189. The molecule has 1 aliphatic rings. The molecule has 0 aromatic heterocycles. The molecule has 3 nitrogen and oxygen atoms in total. The summed E-state index contributed by atoms with van der Waals surface area (Å²) in [7, 11) is 0. The minimum Gasteiger partial charge on any atom is -0.350 e. The van der Waals surface area contributed by atoms with Crippen molar-refractivity contribution in [3.05, 3.63) is 0 Å². The van der Waals surface area contributed by atoms with Crippen LogP contribution in [0.5, 0.6) is 0 Å². The van der Waals surface area contributed by atoms with Crippen LogP contribution in [0, 0.1) is 5.92 Å². The average molecular weight is 294 g/mol. The first kappa shape index (κ1) is 17.3. The number of halogens is 3. The fourth-order valence-electron chi connectivity index (χ4n) is 2.60.